The Bertz CT molecular complexity index is 335. The van der Waals surface area contributed by atoms with Crippen molar-refractivity contribution in [3.63, 3.8) is 0 Å². The average molecular weight is 193 g/mol. The Labute approximate surface area is 80.8 Å². The SMILES string of the molecule is O=C(Nc1cnoc1)C1C2CNC1C2. The highest BCUT2D eigenvalue weighted by molar-refractivity contribution is 5.93. The van der Waals surface area contributed by atoms with Crippen LogP contribution in [0.3, 0.4) is 0 Å². The van der Waals surface area contributed by atoms with E-state index in [-0.39, 0.29) is 11.8 Å². The van der Waals surface area contributed by atoms with Crippen LogP contribution in [-0.4, -0.2) is 23.7 Å². The molecule has 3 heterocycles. The van der Waals surface area contributed by atoms with Gasteiger partial charge in [-0.25, -0.2) is 0 Å². The van der Waals surface area contributed by atoms with E-state index in [9.17, 15) is 4.79 Å². The van der Waals surface area contributed by atoms with Crippen molar-refractivity contribution in [3.8, 4) is 0 Å². The molecule has 1 saturated carbocycles. The summed E-state index contributed by atoms with van der Waals surface area (Å²) >= 11 is 0. The highest BCUT2D eigenvalue weighted by Gasteiger charge is 2.50. The maximum Gasteiger partial charge on any atom is 0.229 e. The Kier molecular flexibility index (Phi) is 1.61. The predicted octanol–water partition coefficient (Wildman–Crippen LogP) is 0.221. The van der Waals surface area contributed by atoms with Gasteiger partial charge in [-0.2, -0.15) is 0 Å². The lowest BCUT2D eigenvalue weighted by Crippen LogP contribution is -2.44. The Balaban J connectivity index is 1.67. The highest BCUT2D eigenvalue weighted by atomic mass is 16.5. The quantitative estimate of drug-likeness (QED) is 0.705. The summed E-state index contributed by atoms with van der Waals surface area (Å²) in [5, 5.41) is 9.62. The molecule has 0 radical (unpaired) electrons. The van der Waals surface area contributed by atoms with Crippen LogP contribution >= 0.6 is 0 Å². The van der Waals surface area contributed by atoms with Crippen LogP contribution in [0.25, 0.3) is 0 Å². The van der Waals surface area contributed by atoms with Gasteiger partial charge >= 0.3 is 0 Å². The Morgan fingerprint density at radius 3 is 3.21 bits per heavy atom. The van der Waals surface area contributed by atoms with Gasteiger partial charge in [0.2, 0.25) is 5.91 Å². The zero-order chi connectivity index (χ0) is 9.54. The molecule has 4 rings (SSSR count). The third-order valence-electron chi connectivity index (χ3n) is 3.14. The lowest BCUT2D eigenvalue weighted by molar-refractivity contribution is -0.123. The van der Waals surface area contributed by atoms with Gasteiger partial charge in [0.15, 0.2) is 0 Å². The van der Waals surface area contributed by atoms with Crippen LogP contribution in [0.4, 0.5) is 5.69 Å². The number of carbonyl (C=O) groups excluding carboxylic acids is 1. The van der Waals surface area contributed by atoms with Crippen LogP contribution < -0.4 is 10.6 Å². The van der Waals surface area contributed by atoms with Crippen LogP contribution in [0.1, 0.15) is 6.42 Å². The molecule has 1 aliphatic carbocycles. The van der Waals surface area contributed by atoms with E-state index in [1.165, 1.54) is 12.5 Å². The van der Waals surface area contributed by atoms with Crippen molar-refractivity contribution in [2.75, 3.05) is 11.9 Å². The minimum absolute atomic E-state index is 0.0828. The molecule has 2 bridgehead atoms. The molecule has 0 aromatic carbocycles. The molecular weight excluding hydrogens is 182 g/mol. The molecule has 2 aliphatic heterocycles. The molecule has 3 fully saturated rings. The molecule has 1 aromatic heterocycles. The van der Waals surface area contributed by atoms with Crippen LogP contribution in [0.15, 0.2) is 17.0 Å². The van der Waals surface area contributed by atoms with Gasteiger partial charge in [-0.15, -0.1) is 0 Å². The number of hydrogen-bond donors (Lipinski definition) is 2. The summed E-state index contributed by atoms with van der Waals surface area (Å²) in [6, 6.07) is 0.389. The summed E-state index contributed by atoms with van der Waals surface area (Å²) < 4.78 is 4.64. The van der Waals surface area contributed by atoms with Crippen molar-refractivity contribution >= 4 is 11.6 Å². The van der Waals surface area contributed by atoms with Gasteiger partial charge < -0.3 is 15.2 Å². The number of rotatable bonds is 2. The molecule has 1 aromatic rings. The first-order chi connectivity index (χ1) is 6.84. The van der Waals surface area contributed by atoms with Crippen LogP contribution in [0, 0.1) is 11.8 Å². The molecule has 3 atom stereocenters. The van der Waals surface area contributed by atoms with Gasteiger partial charge in [0.05, 0.1) is 12.1 Å². The predicted molar refractivity (Wildman–Crippen MR) is 48.5 cm³/mol. The molecular formula is C9H11N3O2. The summed E-state index contributed by atoms with van der Waals surface area (Å²) in [6.45, 7) is 0.979. The number of anilines is 1. The average Bonchev–Trinajstić information content (AvgIpc) is 2.77. The maximum atomic E-state index is 11.7. The fourth-order valence-electron chi connectivity index (χ4n) is 2.36. The summed E-state index contributed by atoms with van der Waals surface area (Å²) in [7, 11) is 0. The van der Waals surface area contributed by atoms with Crippen LogP contribution in [0.2, 0.25) is 0 Å². The molecule has 14 heavy (non-hydrogen) atoms. The van der Waals surface area contributed by atoms with Crippen molar-refractivity contribution in [2.24, 2.45) is 11.8 Å². The zero-order valence-electron chi connectivity index (χ0n) is 7.56. The van der Waals surface area contributed by atoms with Crippen molar-refractivity contribution in [3.05, 3.63) is 12.5 Å². The molecule has 2 N–H and O–H groups in total. The Morgan fingerprint density at radius 1 is 1.71 bits per heavy atom. The third-order valence-corrected chi connectivity index (χ3v) is 3.14. The number of nitrogens with one attached hydrogen (secondary N) is 2. The van der Waals surface area contributed by atoms with Gasteiger partial charge in [0, 0.05) is 6.04 Å². The van der Waals surface area contributed by atoms with E-state index in [4.69, 9.17) is 0 Å². The normalized spacial score (nSPS) is 33.9. The minimum atomic E-state index is 0.0828. The van der Waals surface area contributed by atoms with E-state index in [0.29, 0.717) is 17.6 Å². The number of amides is 1. The van der Waals surface area contributed by atoms with E-state index >= 15 is 0 Å². The van der Waals surface area contributed by atoms with Crippen molar-refractivity contribution in [2.45, 2.75) is 12.5 Å². The Hall–Kier alpha value is -1.36. The summed E-state index contributed by atoms with van der Waals surface area (Å²) in [4.78, 5) is 11.7. The molecule has 2 saturated heterocycles. The first-order valence-corrected chi connectivity index (χ1v) is 4.78. The third kappa shape index (κ3) is 1.05. The smallest absolute Gasteiger partial charge is 0.229 e. The number of hydrogen-bond acceptors (Lipinski definition) is 4. The van der Waals surface area contributed by atoms with Gasteiger partial charge in [-0.05, 0) is 18.9 Å². The molecule has 74 valence electrons. The number of aromatic nitrogens is 1. The van der Waals surface area contributed by atoms with Gasteiger partial charge in [-0.1, -0.05) is 5.16 Å². The largest absolute Gasteiger partial charge is 0.363 e. The lowest BCUT2D eigenvalue weighted by Gasteiger charge is -2.32. The number of fused-ring (bicyclic) bond motifs is 1. The molecule has 3 unspecified atom stereocenters. The lowest BCUT2D eigenvalue weighted by atomic mass is 9.73. The van der Waals surface area contributed by atoms with E-state index < -0.39 is 0 Å². The van der Waals surface area contributed by atoms with Crippen molar-refractivity contribution in [1.82, 2.24) is 10.5 Å². The second kappa shape index (κ2) is 2.81. The summed E-state index contributed by atoms with van der Waals surface area (Å²) in [5.41, 5.74) is 0.640. The van der Waals surface area contributed by atoms with E-state index in [2.05, 4.69) is 20.3 Å². The molecule has 5 heteroatoms. The van der Waals surface area contributed by atoms with E-state index in [1.807, 2.05) is 0 Å². The van der Waals surface area contributed by atoms with Crippen LogP contribution in [-0.2, 0) is 4.79 Å². The first-order valence-electron chi connectivity index (χ1n) is 4.78. The second-order valence-electron chi connectivity index (χ2n) is 3.94. The molecule has 0 spiro atoms. The zero-order valence-corrected chi connectivity index (χ0v) is 7.56. The van der Waals surface area contributed by atoms with E-state index in [0.717, 1.165) is 13.0 Å². The topological polar surface area (TPSA) is 67.2 Å². The Morgan fingerprint density at radius 2 is 2.64 bits per heavy atom. The number of nitrogens with zero attached hydrogens (tertiary/aromatic N) is 1. The number of carbonyl (C=O) groups is 1. The first kappa shape index (κ1) is 7.99. The summed E-state index contributed by atoms with van der Waals surface area (Å²) in [6.07, 6.45) is 4.08. The van der Waals surface area contributed by atoms with Gasteiger partial charge in [-0.3, -0.25) is 4.79 Å². The standard InChI is InChI=1S/C9H11N3O2/c13-9(12-6-3-11-14-4-6)8-5-1-7(8)10-2-5/h3-5,7-8,10H,1-2H2,(H,12,13). The van der Waals surface area contributed by atoms with Gasteiger partial charge in [0.25, 0.3) is 0 Å². The molecule has 3 aliphatic rings. The summed E-state index contributed by atoms with van der Waals surface area (Å²) in [5.74, 6) is 0.754. The fourth-order valence-corrected chi connectivity index (χ4v) is 2.36. The monoisotopic (exact) mass is 193 g/mol. The van der Waals surface area contributed by atoms with Gasteiger partial charge in [0.1, 0.15) is 12.0 Å². The van der Waals surface area contributed by atoms with E-state index in [1.54, 1.807) is 0 Å². The maximum absolute atomic E-state index is 11.7. The fraction of sp³-hybridized carbons (Fsp3) is 0.556. The molecule has 5 nitrogen and oxygen atoms in total. The highest BCUT2D eigenvalue weighted by Crippen LogP contribution is 2.40. The van der Waals surface area contributed by atoms with Crippen LogP contribution in [0.5, 0.6) is 0 Å². The van der Waals surface area contributed by atoms with Crippen molar-refractivity contribution in [1.29, 1.82) is 0 Å². The second-order valence-corrected chi connectivity index (χ2v) is 3.94. The molecule has 1 amide bonds. The minimum Gasteiger partial charge on any atom is -0.363 e. The van der Waals surface area contributed by atoms with Crippen molar-refractivity contribution < 1.29 is 9.32 Å².